The van der Waals surface area contributed by atoms with Crippen LogP contribution in [0.25, 0.3) is 0 Å². The van der Waals surface area contributed by atoms with Crippen LogP contribution in [0.15, 0.2) is 29.2 Å². The zero-order valence-electron chi connectivity index (χ0n) is 17.3. The van der Waals surface area contributed by atoms with Crippen LogP contribution in [0, 0.1) is 5.92 Å². The molecule has 2 atom stereocenters. The average molecular weight is 411 g/mol. The SMILES string of the molecule is CCOCCN1CC[C@@H]2Oc3ccccc3S(=O)(=O)N(CCC(C)C)[C@H]2CC1. The summed E-state index contributed by atoms with van der Waals surface area (Å²) in [7, 11) is -3.57. The second kappa shape index (κ2) is 9.57. The summed E-state index contributed by atoms with van der Waals surface area (Å²) in [6.45, 7) is 10.9. The van der Waals surface area contributed by atoms with Crippen LogP contribution in [0.5, 0.6) is 5.75 Å². The van der Waals surface area contributed by atoms with Crippen LogP contribution in [-0.4, -0.2) is 69.2 Å². The fourth-order valence-corrected chi connectivity index (χ4v) is 5.86. The second-order valence-corrected chi connectivity index (χ2v) is 9.94. The molecule has 0 radical (unpaired) electrons. The zero-order chi connectivity index (χ0) is 20.1. The predicted octanol–water partition coefficient (Wildman–Crippen LogP) is 2.99. The van der Waals surface area contributed by atoms with E-state index in [1.165, 1.54) is 0 Å². The van der Waals surface area contributed by atoms with Crippen molar-refractivity contribution < 1.29 is 17.9 Å². The lowest BCUT2D eigenvalue weighted by atomic mass is 10.0. The van der Waals surface area contributed by atoms with E-state index in [-0.39, 0.29) is 12.1 Å². The van der Waals surface area contributed by atoms with Crippen molar-refractivity contribution in [2.24, 2.45) is 5.92 Å². The van der Waals surface area contributed by atoms with E-state index in [1.807, 2.05) is 13.0 Å². The van der Waals surface area contributed by atoms with Crippen molar-refractivity contribution in [3.63, 3.8) is 0 Å². The van der Waals surface area contributed by atoms with Gasteiger partial charge in [0, 0.05) is 26.2 Å². The lowest BCUT2D eigenvalue weighted by Gasteiger charge is -2.32. The first kappa shape index (κ1) is 21.6. The third-order valence-electron chi connectivity index (χ3n) is 5.67. The number of likely N-dealkylation sites (tertiary alicyclic amines) is 1. The van der Waals surface area contributed by atoms with Gasteiger partial charge in [0.15, 0.2) is 0 Å². The van der Waals surface area contributed by atoms with Gasteiger partial charge in [-0.05, 0) is 50.8 Å². The van der Waals surface area contributed by atoms with Gasteiger partial charge in [0.1, 0.15) is 16.7 Å². The highest BCUT2D eigenvalue weighted by Gasteiger charge is 2.42. The van der Waals surface area contributed by atoms with E-state index >= 15 is 0 Å². The maximum atomic E-state index is 13.5. The summed E-state index contributed by atoms with van der Waals surface area (Å²) in [5, 5.41) is 0. The third-order valence-corrected chi connectivity index (χ3v) is 7.63. The highest BCUT2D eigenvalue weighted by Crippen LogP contribution is 2.36. The number of hydrogen-bond donors (Lipinski definition) is 0. The molecular formula is C21H34N2O4S. The van der Waals surface area contributed by atoms with Crippen LogP contribution < -0.4 is 4.74 Å². The van der Waals surface area contributed by atoms with Gasteiger partial charge >= 0.3 is 0 Å². The summed E-state index contributed by atoms with van der Waals surface area (Å²) in [6.07, 6.45) is 2.32. The summed E-state index contributed by atoms with van der Waals surface area (Å²) < 4.78 is 40.6. The lowest BCUT2D eigenvalue weighted by Crippen LogP contribution is -2.47. The number of nitrogens with zero attached hydrogens (tertiary/aromatic N) is 2. The molecule has 28 heavy (non-hydrogen) atoms. The minimum Gasteiger partial charge on any atom is -0.487 e. The van der Waals surface area contributed by atoms with Gasteiger partial charge in [0.2, 0.25) is 10.0 Å². The van der Waals surface area contributed by atoms with Gasteiger partial charge in [-0.25, -0.2) is 8.42 Å². The molecule has 0 unspecified atom stereocenters. The lowest BCUT2D eigenvalue weighted by molar-refractivity contribution is 0.107. The smallest absolute Gasteiger partial charge is 0.247 e. The Balaban J connectivity index is 1.87. The van der Waals surface area contributed by atoms with Gasteiger partial charge in [-0.1, -0.05) is 26.0 Å². The van der Waals surface area contributed by atoms with E-state index in [0.29, 0.717) is 29.7 Å². The van der Waals surface area contributed by atoms with Crippen molar-refractivity contribution in [3.05, 3.63) is 24.3 Å². The van der Waals surface area contributed by atoms with E-state index in [0.717, 1.165) is 45.5 Å². The van der Waals surface area contributed by atoms with Gasteiger partial charge in [0.05, 0.1) is 12.6 Å². The van der Waals surface area contributed by atoms with Gasteiger partial charge in [-0.3, -0.25) is 0 Å². The molecule has 0 N–H and O–H groups in total. The van der Waals surface area contributed by atoms with Crippen LogP contribution in [0.2, 0.25) is 0 Å². The van der Waals surface area contributed by atoms with Crippen LogP contribution in [-0.2, 0) is 14.8 Å². The van der Waals surface area contributed by atoms with E-state index in [4.69, 9.17) is 9.47 Å². The average Bonchev–Trinajstić information content (AvgIpc) is 2.89. The van der Waals surface area contributed by atoms with Crippen molar-refractivity contribution in [2.75, 3.05) is 39.4 Å². The molecule has 6 nitrogen and oxygen atoms in total. The first-order valence-electron chi connectivity index (χ1n) is 10.5. The van der Waals surface area contributed by atoms with Gasteiger partial charge in [-0.15, -0.1) is 0 Å². The molecule has 1 fully saturated rings. The summed E-state index contributed by atoms with van der Waals surface area (Å²) in [6, 6.07) is 6.95. The van der Waals surface area contributed by atoms with Crippen molar-refractivity contribution in [1.82, 2.24) is 9.21 Å². The molecule has 0 aliphatic carbocycles. The molecule has 2 aliphatic rings. The van der Waals surface area contributed by atoms with Crippen LogP contribution in [0.4, 0.5) is 0 Å². The fourth-order valence-electron chi connectivity index (χ4n) is 4.04. The highest BCUT2D eigenvalue weighted by atomic mass is 32.2. The molecule has 1 aromatic rings. The molecule has 2 heterocycles. The Kier molecular flexibility index (Phi) is 7.36. The molecule has 0 amide bonds. The normalized spacial score (nSPS) is 25.4. The second-order valence-electron chi connectivity index (χ2n) is 8.08. The number of fused-ring (bicyclic) bond motifs is 2. The van der Waals surface area contributed by atoms with Crippen molar-refractivity contribution in [1.29, 1.82) is 0 Å². The maximum absolute atomic E-state index is 13.5. The minimum absolute atomic E-state index is 0.123. The van der Waals surface area contributed by atoms with Crippen LogP contribution in [0.1, 0.15) is 40.0 Å². The molecule has 1 aromatic carbocycles. The molecule has 7 heteroatoms. The number of hydrogen-bond acceptors (Lipinski definition) is 5. The molecule has 0 bridgehead atoms. The van der Waals surface area contributed by atoms with Crippen LogP contribution in [0.3, 0.4) is 0 Å². The summed E-state index contributed by atoms with van der Waals surface area (Å²) >= 11 is 0. The number of ether oxygens (including phenoxy) is 2. The van der Waals surface area contributed by atoms with Crippen molar-refractivity contribution in [2.45, 2.75) is 57.1 Å². The van der Waals surface area contributed by atoms with Crippen LogP contribution >= 0.6 is 0 Å². The molecule has 3 rings (SSSR count). The Morgan fingerprint density at radius 2 is 1.93 bits per heavy atom. The van der Waals surface area contributed by atoms with Crippen molar-refractivity contribution >= 4 is 10.0 Å². The highest BCUT2D eigenvalue weighted by molar-refractivity contribution is 7.89. The Labute approximate surface area is 169 Å². The maximum Gasteiger partial charge on any atom is 0.247 e. The van der Waals surface area contributed by atoms with E-state index in [1.54, 1.807) is 22.5 Å². The Hall–Kier alpha value is -1.15. The number of sulfonamides is 1. The first-order valence-corrected chi connectivity index (χ1v) is 11.9. The first-order chi connectivity index (χ1) is 13.4. The van der Waals surface area contributed by atoms with E-state index < -0.39 is 10.0 Å². The topological polar surface area (TPSA) is 59.1 Å². The molecule has 1 saturated heterocycles. The molecule has 0 spiro atoms. The third kappa shape index (κ3) is 4.87. The Morgan fingerprint density at radius 3 is 2.68 bits per heavy atom. The van der Waals surface area contributed by atoms with Gasteiger partial charge in [-0.2, -0.15) is 4.31 Å². The molecule has 0 saturated carbocycles. The molecular weight excluding hydrogens is 376 g/mol. The minimum atomic E-state index is -3.57. The fraction of sp³-hybridized carbons (Fsp3) is 0.714. The van der Waals surface area contributed by atoms with Gasteiger partial charge in [0.25, 0.3) is 0 Å². The van der Waals surface area contributed by atoms with E-state index in [9.17, 15) is 8.42 Å². The number of benzene rings is 1. The summed E-state index contributed by atoms with van der Waals surface area (Å²) in [5.41, 5.74) is 0. The molecule has 2 aliphatic heterocycles. The monoisotopic (exact) mass is 410 g/mol. The standard InChI is InChI=1S/C21H34N2O4S/c1-4-26-16-15-22-12-10-18-19(11-13-22)27-20-7-5-6-8-21(20)28(24,25)23(18)14-9-17(2)3/h5-8,17-19H,4,9-16H2,1-3H3/t18-,19-/m0/s1. The number of para-hydroxylation sites is 1. The zero-order valence-corrected chi connectivity index (χ0v) is 18.2. The largest absolute Gasteiger partial charge is 0.487 e. The van der Waals surface area contributed by atoms with Crippen molar-refractivity contribution in [3.8, 4) is 5.75 Å². The molecule has 158 valence electrons. The predicted molar refractivity (Wildman–Crippen MR) is 110 cm³/mol. The van der Waals surface area contributed by atoms with Gasteiger partial charge < -0.3 is 14.4 Å². The van der Waals surface area contributed by atoms with E-state index in [2.05, 4.69) is 18.7 Å². The molecule has 0 aromatic heterocycles. The Bertz CT molecular complexity index is 738. The summed E-state index contributed by atoms with van der Waals surface area (Å²) in [4.78, 5) is 2.67. The Morgan fingerprint density at radius 1 is 1.18 bits per heavy atom. The number of rotatable bonds is 7. The quantitative estimate of drug-likeness (QED) is 0.647. The summed E-state index contributed by atoms with van der Waals surface area (Å²) in [5.74, 6) is 0.939.